The van der Waals surface area contributed by atoms with Crippen LogP contribution in [0, 0.1) is 0 Å². The van der Waals surface area contributed by atoms with Crippen LogP contribution in [0.1, 0.15) is 22.1 Å². The first-order valence-electron chi connectivity index (χ1n) is 7.35. The molecular formula is C17H20N2O2S. The average Bonchev–Trinajstić information content (AvgIpc) is 3.00. The van der Waals surface area contributed by atoms with Crippen molar-refractivity contribution in [2.24, 2.45) is 7.05 Å². The number of morpholine rings is 1. The topological polar surface area (TPSA) is 34.5 Å². The van der Waals surface area contributed by atoms with Crippen LogP contribution >= 0.6 is 11.8 Å². The summed E-state index contributed by atoms with van der Waals surface area (Å²) in [5.41, 5.74) is 1.88. The fourth-order valence-electron chi connectivity index (χ4n) is 2.89. The second-order valence-corrected chi connectivity index (χ2v) is 6.18. The first-order chi connectivity index (χ1) is 10.7. The maximum atomic E-state index is 13.0. The molecule has 4 nitrogen and oxygen atoms in total. The molecule has 0 saturated carbocycles. The number of aryl methyl sites for hydroxylation is 1. The zero-order valence-electron chi connectivity index (χ0n) is 12.9. The minimum atomic E-state index is -0.0313. The largest absolute Gasteiger partial charge is 0.377 e. The van der Waals surface area contributed by atoms with Crippen LogP contribution < -0.4 is 0 Å². The van der Waals surface area contributed by atoms with Crippen molar-refractivity contribution in [3.05, 3.63) is 53.9 Å². The van der Waals surface area contributed by atoms with E-state index in [1.165, 1.54) is 0 Å². The van der Waals surface area contributed by atoms with Gasteiger partial charge in [-0.15, -0.1) is 11.8 Å². The molecule has 2 aromatic rings. The standard InChI is InChI=1S/C17H20N2O2S/c1-18-9-5-7-14(18)15-12-21-11-10-19(15)17(20)13-6-3-4-8-16(13)22-2/h3-9,15H,10-12H2,1-2H3/t15-/m1/s1. The highest BCUT2D eigenvalue weighted by molar-refractivity contribution is 7.98. The molecular weight excluding hydrogens is 296 g/mol. The fraction of sp³-hybridized carbons (Fsp3) is 0.353. The van der Waals surface area contributed by atoms with Crippen LogP contribution in [0.4, 0.5) is 0 Å². The fourth-order valence-corrected chi connectivity index (χ4v) is 3.48. The normalized spacial score (nSPS) is 18.5. The Bertz CT molecular complexity index is 668. The second kappa shape index (κ2) is 6.58. The van der Waals surface area contributed by atoms with Gasteiger partial charge >= 0.3 is 0 Å². The maximum Gasteiger partial charge on any atom is 0.255 e. The molecule has 0 bridgehead atoms. The SMILES string of the molecule is CSc1ccccc1C(=O)N1CCOC[C@@H]1c1cccn1C. The van der Waals surface area contributed by atoms with Crippen molar-refractivity contribution in [3.63, 3.8) is 0 Å². The Morgan fingerprint density at radius 1 is 1.27 bits per heavy atom. The van der Waals surface area contributed by atoms with E-state index in [2.05, 4.69) is 10.6 Å². The number of carbonyl (C=O) groups is 1. The van der Waals surface area contributed by atoms with Crippen molar-refractivity contribution in [2.75, 3.05) is 26.0 Å². The summed E-state index contributed by atoms with van der Waals surface area (Å²) in [6.45, 7) is 1.76. The molecule has 116 valence electrons. The summed E-state index contributed by atoms with van der Waals surface area (Å²) in [4.78, 5) is 16.0. The van der Waals surface area contributed by atoms with Crippen molar-refractivity contribution < 1.29 is 9.53 Å². The lowest BCUT2D eigenvalue weighted by Gasteiger charge is -2.36. The summed E-state index contributed by atoms with van der Waals surface area (Å²) in [6.07, 6.45) is 4.00. The van der Waals surface area contributed by atoms with E-state index in [1.807, 2.05) is 54.7 Å². The summed E-state index contributed by atoms with van der Waals surface area (Å²) in [6, 6.07) is 11.8. The van der Waals surface area contributed by atoms with Crippen molar-refractivity contribution in [1.82, 2.24) is 9.47 Å². The molecule has 0 aliphatic carbocycles. The van der Waals surface area contributed by atoms with Crippen molar-refractivity contribution in [3.8, 4) is 0 Å². The Morgan fingerprint density at radius 2 is 2.09 bits per heavy atom. The third-order valence-electron chi connectivity index (χ3n) is 4.05. The van der Waals surface area contributed by atoms with E-state index in [0.29, 0.717) is 19.8 Å². The van der Waals surface area contributed by atoms with E-state index in [1.54, 1.807) is 11.8 Å². The number of nitrogens with zero attached hydrogens (tertiary/aromatic N) is 2. The number of benzene rings is 1. The molecule has 0 N–H and O–H groups in total. The van der Waals surface area contributed by atoms with Gasteiger partial charge in [0, 0.05) is 30.4 Å². The number of aromatic nitrogens is 1. The smallest absolute Gasteiger partial charge is 0.255 e. The van der Waals surface area contributed by atoms with Gasteiger partial charge in [-0.25, -0.2) is 0 Å². The van der Waals surface area contributed by atoms with Gasteiger partial charge in [-0.3, -0.25) is 4.79 Å². The zero-order chi connectivity index (χ0) is 15.5. The van der Waals surface area contributed by atoms with E-state index < -0.39 is 0 Å². The number of amides is 1. The number of thioether (sulfide) groups is 1. The highest BCUT2D eigenvalue weighted by Gasteiger charge is 2.31. The lowest BCUT2D eigenvalue weighted by Crippen LogP contribution is -2.44. The van der Waals surface area contributed by atoms with Crippen LogP contribution in [0.2, 0.25) is 0 Å². The Labute approximate surface area is 135 Å². The van der Waals surface area contributed by atoms with Gasteiger partial charge in [0.1, 0.15) is 0 Å². The van der Waals surface area contributed by atoms with Gasteiger partial charge in [0.05, 0.1) is 24.8 Å². The molecule has 0 spiro atoms. The van der Waals surface area contributed by atoms with Crippen LogP contribution in [0.15, 0.2) is 47.5 Å². The van der Waals surface area contributed by atoms with Crippen molar-refractivity contribution >= 4 is 17.7 Å². The molecule has 0 unspecified atom stereocenters. The molecule has 1 aliphatic rings. The van der Waals surface area contributed by atoms with Gasteiger partial charge in [0.25, 0.3) is 5.91 Å². The van der Waals surface area contributed by atoms with Crippen LogP contribution in [0.25, 0.3) is 0 Å². The highest BCUT2D eigenvalue weighted by Crippen LogP contribution is 2.28. The molecule has 3 rings (SSSR count). The van der Waals surface area contributed by atoms with Gasteiger partial charge in [-0.2, -0.15) is 0 Å². The number of ether oxygens (including phenoxy) is 1. The minimum absolute atomic E-state index is 0.0313. The molecule has 1 atom stereocenters. The van der Waals surface area contributed by atoms with Crippen LogP contribution in [-0.2, 0) is 11.8 Å². The van der Waals surface area contributed by atoms with E-state index >= 15 is 0 Å². The van der Waals surface area contributed by atoms with Crippen molar-refractivity contribution in [2.45, 2.75) is 10.9 Å². The Morgan fingerprint density at radius 3 is 2.82 bits per heavy atom. The summed E-state index contributed by atoms with van der Waals surface area (Å²) in [5, 5.41) is 0. The molecule has 2 heterocycles. The third kappa shape index (κ3) is 2.78. The lowest BCUT2D eigenvalue weighted by atomic mass is 10.1. The molecule has 1 aromatic heterocycles. The predicted molar refractivity (Wildman–Crippen MR) is 88.2 cm³/mol. The van der Waals surface area contributed by atoms with Crippen molar-refractivity contribution in [1.29, 1.82) is 0 Å². The van der Waals surface area contributed by atoms with Crippen LogP contribution in [-0.4, -0.2) is 41.4 Å². The monoisotopic (exact) mass is 316 g/mol. The molecule has 1 amide bonds. The lowest BCUT2D eigenvalue weighted by molar-refractivity contribution is -0.00481. The maximum absolute atomic E-state index is 13.0. The van der Waals surface area contributed by atoms with Crippen LogP contribution in [0.5, 0.6) is 0 Å². The number of hydrogen-bond donors (Lipinski definition) is 0. The molecule has 1 aromatic carbocycles. The van der Waals surface area contributed by atoms with Gasteiger partial charge in [0.15, 0.2) is 0 Å². The highest BCUT2D eigenvalue weighted by atomic mass is 32.2. The third-order valence-corrected chi connectivity index (χ3v) is 4.85. The first kappa shape index (κ1) is 15.2. The number of hydrogen-bond acceptors (Lipinski definition) is 3. The molecule has 22 heavy (non-hydrogen) atoms. The summed E-state index contributed by atoms with van der Waals surface area (Å²) in [5.74, 6) is 0.0828. The first-order valence-corrected chi connectivity index (χ1v) is 8.58. The molecule has 1 fully saturated rings. The van der Waals surface area contributed by atoms with Gasteiger partial charge in [-0.05, 0) is 30.5 Å². The van der Waals surface area contributed by atoms with E-state index in [0.717, 1.165) is 16.2 Å². The Kier molecular flexibility index (Phi) is 4.55. The minimum Gasteiger partial charge on any atom is -0.377 e. The quantitative estimate of drug-likeness (QED) is 0.817. The molecule has 5 heteroatoms. The molecule has 0 radical (unpaired) electrons. The summed E-state index contributed by atoms with van der Waals surface area (Å²) in [7, 11) is 2.00. The Hall–Kier alpha value is -1.72. The van der Waals surface area contributed by atoms with Gasteiger partial charge in [0.2, 0.25) is 0 Å². The average molecular weight is 316 g/mol. The predicted octanol–water partition coefficient (Wildman–Crippen LogP) is 2.96. The number of carbonyl (C=O) groups excluding carboxylic acids is 1. The zero-order valence-corrected chi connectivity index (χ0v) is 13.7. The Balaban J connectivity index is 1.94. The number of rotatable bonds is 3. The van der Waals surface area contributed by atoms with Crippen LogP contribution in [0.3, 0.4) is 0 Å². The van der Waals surface area contributed by atoms with E-state index in [4.69, 9.17) is 4.74 Å². The summed E-state index contributed by atoms with van der Waals surface area (Å²) < 4.78 is 7.68. The molecule has 1 saturated heterocycles. The van der Waals surface area contributed by atoms with E-state index in [9.17, 15) is 4.79 Å². The van der Waals surface area contributed by atoms with E-state index in [-0.39, 0.29) is 11.9 Å². The molecule has 1 aliphatic heterocycles. The van der Waals surface area contributed by atoms with Gasteiger partial charge < -0.3 is 14.2 Å². The van der Waals surface area contributed by atoms with Gasteiger partial charge in [-0.1, -0.05) is 12.1 Å². The summed E-state index contributed by atoms with van der Waals surface area (Å²) >= 11 is 1.61. The second-order valence-electron chi connectivity index (χ2n) is 5.33.